The average molecular weight is 306 g/mol. The molecular weight excluding hydrogens is 290 g/mol. The molecule has 0 aliphatic carbocycles. The molecule has 0 amide bonds. The molecule has 0 unspecified atom stereocenters. The molecular formula is C16H16ClNO3. The number of ether oxygens (including phenoxy) is 3. The number of halogens is 1. The second kappa shape index (κ2) is 6.24. The van der Waals surface area contributed by atoms with E-state index in [1.807, 2.05) is 36.4 Å². The van der Waals surface area contributed by atoms with Crippen LogP contribution in [0.5, 0.6) is 23.0 Å². The summed E-state index contributed by atoms with van der Waals surface area (Å²) in [7, 11) is 0. The van der Waals surface area contributed by atoms with Crippen LogP contribution < -0.4 is 19.5 Å². The summed E-state index contributed by atoms with van der Waals surface area (Å²) in [5.74, 6) is 2.87. The van der Waals surface area contributed by atoms with E-state index in [-0.39, 0.29) is 6.79 Å². The highest BCUT2D eigenvalue weighted by Gasteiger charge is 2.14. The van der Waals surface area contributed by atoms with Crippen molar-refractivity contribution < 1.29 is 14.2 Å². The van der Waals surface area contributed by atoms with Crippen molar-refractivity contribution >= 4 is 11.6 Å². The molecule has 21 heavy (non-hydrogen) atoms. The summed E-state index contributed by atoms with van der Waals surface area (Å²) in [6, 6.07) is 11.2. The van der Waals surface area contributed by atoms with Crippen LogP contribution in [0.4, 0.5) is 0 Å². The summed E-state index contributed by atoms with van der Waals surface area (Å²) in [6.45, 7) is 3.94. The van der Waals surface area contributed by atoms with E-state index >= 15 is 0 Å². The molecule has 2 aromatic carbocycles. The Labute approximate surface area is 128 Å². The van der Waals surface area contributed by atoms with Gasteiger partial charge in [0.2, 0.25) is 6.79 Å². The summed E-state index contributed by atoms with van der Waals surface area (Å²) in [5.41, 5.74) is 1.05. The summed E-state index contributed by atoms with van der Waals surface area (Å²) in [6.07, 6.45) is 0. The van der Waals surface area contributed by atoms with Crippen LogP contribution in [-0.4, -0.2) is 13.3 Å². The lowest BCUT2D eigenvalue weighted by molar-refractivity contribution is 0.174. The highest BCUT2D eigenvalue weighted by atomic mass is 35.5. The lowest BCUT2D eigenvalue weighted by atomic mass is 10.2. The van der Waals surface area contributed by atoms with Gasteiger partial charge < -0.3 is 19.5 Å². The van der Waals surface area contributed by atoms with Crippen LogP contribution in [0, 0.1) is 0 Å². The Morgan fingerprint density at radius 3 is 2.86 bits per heavy atom. The summed E-state index contributed by atoms with van der Waals surface area (Å²) >= 11 is 6.07. The minimum absolute atomic E-state index is 0.252. The first kappa shape index (κ1) is 14.0. The van der Waals surface area contributed by atoms with E-state index in [1.54, 1.807) is 0 Å². The average Bonchev–Trinajstić information content (AvgIpc) is 2.94. The van der Waals surface area contributed by atoms with Crippen molar-refractivity contribution in [1.29, 1.82) is 0 Å². The number of benzene rings is 2. The fourth-order valence-electron chi connectivity index (χ4n) is 2.10. The van der Waals surface area contributed by atoms with Gasteiger partial charge in [0, 0.05) is 23.2 Å². The topological polar surface area (TPSA) is 39.7 Å². The first-order valence-corrected chi connectivity index (χ1v) is 7.20. The van der Waals surface area contributed by atoms with Gasteiger partial charge in [0.25, 0.3) is 0 Å². The molecule has 0 atom stereocenters. The summed E-state index contributed by atoms with van der Waals surface area (Å²) in [5, 5.41) is 3.93. The lowest BCUT2D eigenvalue weighted by Gasteiger charge is -2.12. The largest absolute Gasteiger partial charge is 0.457 e. The zero-order chi connectivity index (χ0) is 14.7. The maximum atomic E-state index is 6.07. The molecule has 1 aliphatic rings. The van der Waals surface area contributed by atoms with E-state index in [0.29, 0.717) is 16.5 Å². The zero-order valence-corrected chi connectivity index (χ0v) is 12.4. The number of fused-ring (bicyclic) bond motifs is 1. The van der Waals surface area contributed by atoms with Crippen molar-refractivity contribution in [3.05, 3.63) is 47.0 Å². The highest BCUT2D eigenvalue weighted by Crippen LogP contribution is 2.37. The zero-order valence-electron chi connectivity index (χ0n) is 11.7. The van der Waals surface area contributed by atoms with Gasteiger partial charge in [-0.05, 0) is 30.8 Å². The SMILES string of the molecule is CCNCc1ccc(Cl)cc1Oc1ccc2c(c1)OCO2. The second-order valence-electron chi connectivity index (χ2n) is 4.65. The third kappa shape index (κ3) is 3.23. The van der Waals surface area contributed by atoms with E-state index < -0.39 is 0 Å². The van der Waals surface area contributed by atoms with Crippen LogP contribution in [0.1, 0.15) is 12.5 Å². The fourth-order valence-corrected chi connectivity index (χ4v) is 2.26. The third-order valence-corrected chi connectivity index (χ3v) is 3.40. The van der Waals surface area contributed by atoms with E-state index in [2.05, 4.69) is 12.2 Å². The number of hydrogen-bond donors (Lipinski definition) is 1. The molecule has 0 saturated carbocycles. The predicted octanol–water partition coefficient (Wildman–Crippen LogP) is 3.97. The van der Waals surface area contributed by atoms with Gasteiger partial charge in [-0.25, -0.2) is 0 Å². The minimum Gasteiger partial charge on any atom is -0.457 e. The molecule has 0 fully saturated rings. The monoisotopic (exact) mass is 305 g/mol. The van der Waals surface area contributed by atoms with Crippen LogP contribution in [0.3, 0.4) is 0 Å². The first-order valence-electron chi connectivity index (χ1n) is 6.83. The van der Waals surface area contributed by atoms with Crippen molar-refractivity contribution in [3.8, 4) is 23.0 Å². The molecule has 5 heteroatoms. The van der Waals surface area contributed by atoms with Crippen molar-refractivity contribution in [2.75, 3.05) is 13.3 Å². The quantitative estimate of drug-likeness (QED) is 0.907. The van der Waals surface area contributed by atoms with Crippen LogP contribution in [-0.2, 0) is 6.54 Å². The van der Waals surface area contributed by atoms with Gasteiger partial charge >= 0.3 is 0 Å². The van der Waals surface area contributed by atoms with Crippen LogP contribution in [0.15, 0.2) is 36.4 Å². The summed E-state index contributed by atoms with van der Waals surface area (Å²) in [4.78, 5) is 0. The van der Waals surface area contributed by atoms with Gasteiger partial charge in [-0.15, -0.1) is 0 Å². The van der Waals surface area contributed by atoms with E-state index in [9.17, 15) is 0 Å². The molecule has 1 aliphatic heterocycles. The van der Waals surface area contributed by atoms with Crippen molar-refractivity contribution in [2.45, 2.75) is 13.5 Å². The van der Waals surface area contributed by atoms with Crippen molar-refractivity contribution in [2.24, 2.45) is 0 Å². The van der Waals surface area contributed by atoms with Crippen molar-refractivity contribution in [3.63, 3.8) is 0 Å². The Kier molecular flexibility index (Phi) is 4.18. The number of hydrogen-bond acceptors (Lipinski definition) is 4. The Morgan fingerprint density at radius 2 is 2.00 bits per heavy atom. The number of rotatable bonds is 5. The molecule has 1 N–H and O–H groups in total. The molecule has 3 rings (SSSR count). The van der Waals surface area contributed by atoms with Crippen LogP contribution >= 0.6 is 11.6 Å². The Hall–Kier alpha value is -1.91. The van der Waals surface area contributed by atoms with Gasteiger partial charge in [0.1, 0.15) is 11.5 Å². The third-order valence-electron chi connectivity index (χ3n) is 3.17. The molecule has 0 bridgehead atoms. The molecule has 110 valence electrons. The molecule has 0 saturated heterocycles. The minimum atomic E-state index is 0.252. The maximum Gasteiger partial charge on any atom is 0.231 e. The molecule has 0 aromatic heterocycles. The predicted molar refractivity (Wildman–Crippen MR) is 81.5 cm³/mol. The van der Waals surface area contributed by atoms with Gasteiger partial charge in [0.15, 0.2) is 11.5 Å². The van der Waals surface area contributed by atoms with Crippen LogP contribution in [0.2, 0.25) is 5.02 Å². The fraction of sp³-hybridized carbons (Fsp3) is 0.250. The molecule has 0 spiro atoms. The highest BCUT2D eigenvalue weighted by molar-refractivity contribution is 6.30. The van der Waals surface area contributed by atoms with Gasteiger partial charge in [0.05, 0.1) is 0 Å². The van der Waals surface area contributed by atoms with Gasteiger partial charge in [-0.2, -0.15) is 0 Å². The molecule has 1 heterocycles. The van der Waals surface area contributed by atoms with Crippen molar-refractivity contribution in [1.82, 2.24) is 5.32 Å². The molecule has 0 radical (unpaired) electrons. The van der Waals surface area contributed by atoms with Gasteiger partial charge in [-0.1, -0.05) is 24.6 Å². The lowest BCUT2D eigenvalue weighted by Crippen LogP contribution is -2.12. The van der Waals surface area contributed by atoms with Crippen LogP contribution in [0.25, 0.3) is 0 Å². The molecule has 4 nitrogen and oxygen atoms in total. The standard InChI is InChI=1S/C16H16ClNO3/c1-2-18-9-11-3-4-12(17)7-15(11)21-13-5-6-14-16(8-13)20-10-19-14/h3-8,18H,2,9-10H2,1H3. The van der Waals surface area contributed by atoms with E-state index in [1.165, 1.54) is 0 Å². The maximum absolute atomic E-state index is 6.07. The smallest absolute Gasteiger partial charge is 0.231 e. The Morgan fingerprint density at radius 1 is 1.14 bits per heavy atom. The Balaban J connectivity index is 1.84. The van der Waals surface area contributed by atoms with E-state index in [4.69, 9.17) is 25.8 Å². The molecule has 2 aromatic rings. The summed E-state index contributed by atoms with van der Waals surface area (Å²) < 4.78 is 16.6. The first-order chi connectivity index (χ1) is 10.3. The second-order valence-corrected chi connectivity index (χ2v) is 5.09. The Bertz CT molecular complexity index is 645. The normalized spacial score (nSPS) is 12.5. The van der Waals surface area contributed by atoms with Gasteiger partial charge in [-0.3, -0.25) is 0 Å². The number of nitrogens with one attached hydrogen (secondary N) is 1. The van der Waals surface area contributed by atoms with E-state index in [0.717, 1.165) is 30.2 Å².